The number of rotatable bonds is 6. The van der Waals surface area contributed by atoms with Crippen molar-refractivity contribution in [2.24, 2.45) is 0 Å². The van der Waals surface area contributed by atoms with Crippen molar-refractivity contribution >= 4 is 28.7 Å². The number of nitro benzene ring substituents is 1. The van der Waals surface area contributed by atoms with Crippen LogP contribution in [0.1, 0.15) is 36.0 Å². The SMILES string of the molecule is Cc1ccc([N+](=O)[O-])cc1NC(=S)N1CCC(c2nccn2Cc2noc(-c3ccccc3)n2)CC1. The first-order chi connectivity index (χ1) is 17.5. The van der Waals surface area contributed by atoms with Gasteiger partial charge in [-0.25, -0.2) is 4.98 Å². The van der Waals surface area contributed by atoms with E-state index in [1.807, 2.05) is 43.5 Å². The van der Waals surface area contributed by atoms with Crippen molar-refractivity contribution in [1.82, 2.24) is 24.6 Å². The van der Waals surface area contributed by atoms with Crippen molar-refractivity contribution in [3.8, 4) is 11.5 Å². The summed E-state index contributed by atoms with van der Waals surface area (Å²) < 4.78 is 7.52. The molecule has 36 heavy (non-hydrogen) atoms. The summed E-state index contributed by atoms with van der Waals surface area (Å²) in [6.07, 6.45) is 5.51. The Balaban J connectivity index is 1.20. The van der Waals surface area contributed by atoms with Gasteiger partial charge in [0.15, 0.2) is 10.9 Å². The fraction of sp³-hybridized carbons (Fsp3) is 0.280. The highest BCUT2D eigenvalue weighted by Gasteiger charge is 2.26. The van der Waals surface area contributed by atoms with Crippen molar-refractivity contribution in [2.75, 3.05) is 18.4 Å². The highest BCUT2D eigenvalue weighted by atomic mass is 32.1. The molecule has 184 valence electrons. The van der Waals surface area contributed by atoms with Crippen LogP contribution in [-0.4, -0.2) is 47.7 Å². The molecule has 1 saturated heterocycles. The second-order valence-corrected chi connectivity index (χ2v) is 9.13. The molecule has 1 aliphatic rings. The van der Waals surface area contributed by atoms with Crippen LogP contribution in [0, 0.1) is 17.0 Å². The first-order valence-corrected chi connectivity index (χ1v) is 12.1. The number of hydrogen-bond acceptors (Lipinski definition) is 7. The molecule has 0 atom stereocenters. The lowest BCUT2D eigenvalue weighted by Gasteiger charge is -2.33. The number of benzene rings is 2. The fourth-order valence-corrected chi connectivity index (χ4v) is 4.67. The number of aromatic nitrogens is 4. The molecular formula is C25H25N7O3S. The summed E-state index contributed by atoms with van der Waals surface area (Å²) in [5, 5.41) is 19.0. The minimum atomic E-state index is -0.404. The van der Waals surface area contributed by atoms with Gasteiger partial charge in [-0.05, 0) is 49.7 Å². The van der Waals surface area contributed by atoms with E-state index in [9.17, 15) is 10.1 Å². The molecule has 1 N–H and O–H groups in total. The molecule has 1 aliphatic heterocycles. The predicted octanol–water partition coefficient (Wildman–Crippen LogP) is 4.77. The monoisotopic (exact) mass is 503 g/mol. The number of nitrogens with one attached hydrogen (secondary N) is 1. The van der Waals surface area contributed by atoms with E-state index in [-0.39, 0.29) is 11.6 Å². The van der Waals surface area contributed by atoms with Crippen LogP contribution in [-0.2, 0) is 6.54 Å². The van der Waals surface area contributed by atoms with E-state index < -0.39 is 4.92 Å². The minimum Gasteiger partial charge on any atom is -0.349 e. The zero-order valence-corrected chi connectivity index (χ0v) is 20.5. The molecule has 2 aromatic carbocycles. The summed E-state index contributed by atoms with van der Waals surface area (Å²) in [7, 11) is 0. The van der Waals surface area contributed by atoms with Gasteiger partial charge in [-0.3, -0.25) is 10.1 Å². The molecule has 0 aliphatic carbocycles. The number of thiocarbonyl (C=S) groups is 1. The van der Waals surface area contributed by atoms with Gasteiger partial charge in [0.1, 0.15) is 5.82 Å². The standard InChI is InChI=1S/C25H25N7O3S/c1-17-7-8-20(32(33)34)15-21(17)27-25(36)30-12-9-18(10-13-30)23-26-11-14-31(23)16-22-28-24(35-29-22)19-5-3-2-4-6-19/h2-8,11,14-15,18H,9-10,12-13,16H2,1H3,(H,27,36). The summed E-state index contributed by atoms with van der Waals surface area (Å²) in [5.41, 5.74) is 2.48. The van der Waals surface area contributed by atoms with Gasteiger partial charge >= 0.3 is 0 Å². The molecule has 0 saturated carbocycles. The number of hydrogen-bond donors (Lipinski definition) is 1. The highest BCUT2D eigenvalue weighted by Crippen LogP contribution is 2.29. The quantitative estimate of drug-likeness (QED) is 0.226. The van der Waals surface area contributed by atoms with Gasteiger partial charge in [0.2, 0.25) is 0 Å². The molecule has 1 fully saturated rings. The van der Waals surface area contributed by atoms with Crippen LogP contribution in [0.4, 0.5) is 11.4 Å². The third-order valence-electron chi connectivity index (χ3n) is 6.37. The number of likely N-dealkylation sites (tertiary alicyclic amines) is 1. The molecular weight excluding hydrogens is 478 g/mol. The Labute approximate surface area is 213 Å². The molecule has 2 aromatic heterocycles. The normalized spacial score (nSPS) is 14.1. The van der Waals surface area contributed by atoms with Crippen LogP contribution in [0.5, 0.6) is 0 Å². The van der Waals surface area contributed by atoms with E-state index in [4.69, 9.17) is 16.7 Å². The molecule has 5 rings (SSSR count). The number of non-ortho nitro benzene ring substituents is 1. The number of nitrogens with zero attached hydrogens (tertiary/aromatic N) is 6. The van der Waals surface area contributed by atoms with Gasteiger partial charge in [0, 0.05) is 54.8 Å². The second kappa shape index (κ2) is 10.2. The average molecular weight is 504 g/mol. The Morgan fingerprint density at radius 1 is 1.22 bits per heavy atom. The average Bonchev–Trinajstić information content (AvgIpc) is 3.56. The highest BCUT2D eigenvalue weighted by molar-refractivity contribution is 7.80. The van der Waals surface area contributed by atoms with Crippen LogP contribution in [0.3, 0.4) is 0 Å². The van der Waals surface area contributed by atoms with Crippen molar-refractivity contribution < 1.29 is 9.45 Å². The topological polar surface area (TPSA) is 115 Å². The molecule has 0 unspecified atom stereocenters. The van der Waals surface area contributed by atoms with E-state index in [1.165, 1.54) is 12.1 Å². The summed E-state index contributed by atoms with van der Waals surface area (Å²) in [4.78, 5) is 22.0. The summed E-state index contributed by atoms with van der Waals surface area (Å²) in [6.45, 7) is 3.90. The molecule has 0 amide bonds. The largest absolute Gasteiger partial charge is 0.349 e. The second-order valence-electron chi connectivity index (χ2n) is 8.74. The number of imidazole rings is 1. The molecule has 0 radical (unpaired) electrons. The van der Waals surface area contributed by atoms with Crippen molar-refractivity contribution in [1.29, 1.82) is 0 Å². The van der Waals surface area contributed by atoms with Crippen molar-refractivity contribution in [3.63, 3.8) is 0 Å². The fourth-order valence-electron chi connectivity index (χ4n) is 4.38. The van der Waals surface area contributed by atoms with Gasteiger partial charge in [-0.1, -0.05) is 29.4 Å². The molecule has 10 nitrogen and oxygen atoms in total. The first kappa shape index (κ1) is 23.6. The lowest BCUT2D eigenvalue weighted by atomic mass is 9.96. The Morgan fingerprint density at radius 3 is 2.75 bits per heavy atom. The molecule has 11 heteroatoms. The third kappa shape index (κ3) is 5.10. The van der Waals surface area contributed by atoms with Crippen LogP contribution in [0.2, 0.25) is 0 Å². The van der Waals surface area contributed by atoms with Crippen LogP contribution in [0.25, 0.3) is 11.5 Å². The zero-order chi connectivity index (χ0) is 25.1. The summed E-state index contributed by atoms with van der Waals surface area (Å²) in [6, 6.07) is 14.4. The van der Waals surface area contributed by atoms with Gasteiger partial charge in [-0.2, -0.15) is 4.98 Å². The molecule has 0 bridgehead atoms. The van der Waals surface area contributed by atoms with E-state index in [2.05, 4.69) is 29.9 Å². The number of aryl methyl sites for hydroxylation is 1. The van der Waals surface area contributed by atoms with E-state index in [0.717, 1.165) is 42.9 Å². The lowest BCUT2D eigenvalue weighted by molar-refractivity contribution is -0.384. The lowest BCUT2D eigenvalue weighted by Crippen LogP contribution is -2.40. The summed E-state index contributed by atoms with van der Waals surface area (Å²) >= 11 is 5.62. The van der Waals surface area contributed by atoms with Gasteiger partial charge in [-0.15, -0.1) is 0 Å². The molecule has 4 aromatic rings. The predicted molar refractivity (Wildman–Crippen MR) is 139 cm³/mol. The Morgan fingerprint density at radius 2 is 2.00 bits per heavy atom. The van der Waals surface area contributed by atoms with Crippen LogP contribution >= 0.6 is 12.2 Å². The van der Waals surface area contributed by atoms with Gasteiger partial charge < -0.3 is 19.3 Å². The zero-order valence-electron chi connectivity index (χ0n) is 19.7. The van der Waals surface area contributed by atoms with Crippen LogP contribution < -0.4 is 5.32 Å². The Hall–Kier alpha value is -4.12. The Bertz CT molecular complexity index is 1380. The maximum atomic E-state index is 11.1. The molecule has 3 heterocycles. The van der Waals surface area contributed by atoms with E-state index in [1.54, 1.807) is 12.3 Å². The third-order valence-corrected chi connectivity index (χ3v) is 6.73. The summed E-state index contributed by atoms with van der Waals surface area (Å²) in [5.74, 6) is 2.37. The minimum absolute atomic E-state index is 0.0361. The van der Waals surface area contributed by atoms with E-state index >= 15 is 0 Å². The van der Waals surface area contributed by atoms with Gasteiger partial charge in [0.05, 0.1) is 11.5 Å². The smallest absolute Gasteiger partial charge is 0.271 e. The molecule has 0 spiro atoms. The first-order valence-electron chi connectivity index (χ1n) is 11.7. The van der Waals surface area contributed by atoms with Crippen LogP contribution in [0.15, 0.2) is 65.4 Å². The number of anilines is 1. The number of nitro groups is 1. The van der Waals surface area contributed by atoms with Crippen molar-refractivity contribution in [2.45, 2.75) is 32.2 Å². The van der Waals surface area contributed by atoms with Gasteiger partial charge in [0.25, 0.3) is 11.6 Å². The van der Waals surface area contributed by atoms with E-state index in [0.29, 0.717) is 29.1 Å². The maximum absolute atomic E-state index is 11.1. The number of piperidine rings is 1. The van der Waals surface area contributed by atoms with Crippen molar-refractivity contribution in [3.05, 3.63) is 88.3 Å². The Kier molecular flexibility index (Phi) is 6.72. The maximum Gasteiger partial charge on any atom is 0.271 e.